The average molecular weight is 280 g/mol. The fourth-order valence-corrected chi connectivity index (χ4v) is 1.77. The molecule has 1 aromatic carbocycles. The van der Waals surface area contributed by atoms with Crippen LogP contribution < -0.4 is 10.2 Å². The van der Waals surface area contributed by atoms with Crippen molar-refractivity contribution in [3.63, 3.8) is 0 Å². The second-order valence-electron chi connectivity index (χ2n) is 4.69. The summed E-state index contributed by atoms with van der Waals surface area (Å²) >= 11 is 0. The van der Waals surface area contributed by atoms with Gasteiger partial charge in [-0.05, 0) is 19.2 Å². The summed E-state index contributed by atoms with van der Waals surface area (Å²) in [5.74, 6) is -0.178. The molecule has 0 aliphatic rings. The largest absolute Gasteiger partial charge is 0.368 e. The highest BCUT2D eigenvalue weighted by Gasteiger charge is 2.20. The number of benzene rings is 1. The number of nitro benzene ring substituents is 1. The number of rotatable bonds is 6. The second-order valence-corrected chi connectivity index (χ2v) is 4.69. The second kappa shape index (κ2) is 6.85. The van der Waals surface area contributed by atoms with Gasteiger partial charge >= 0.3 is 0 Å². The van der Waals surface area contributed by atoms with Crippen molar-refractivity contribution in [1.82, 2.24) is 10.2 Å². The van der Waals surface area contributed by atoms with Gasteiger partial charge in [-0.15, -0.1) is 0 Å². The molecular formula is C13H20N4O3. The van der Waals surface area contributed by atoms with E-state index < -0.39 is 4.92 Å². The zero-order valence-corrected chi connectivity index (χ0v) is 12.2. The summed E-state index contributed by atoms with van der Waals surface area (Å²) < 4.78 is 0. The Morgan fingerprint density at radius 1 is 1.35 bits per heavy atom. The summed E-state index contributed by atoms with van der Waals surface area (Å²) in [5.41, 5.74) is 0.878. The van der Waals surface area contributed by atoms with Crippen molar-refractivity contribution in [2.75, 3.05) is 46.2 Å². The molecule has 0 aromatic heterocycles. The molecule has 0 atom stereocenters. The molecule has 0 saturated heterocycles. The first-order valence-corrected chi connectivity index (χ1v) is 6.24. The van der Waals surface area contributed by atoms with Crippen LogP contribution in [0, 0.1) is 10.1 Å². The minimum absolute atomic E-state index is 0.00101. The maximum absolute atomic E-state index is 11.9. The van der Waals surface area contributed by atoms with Crippen LogP contribution in [0.15, 0.2) is 18.2 Å². The van der Waals surface area contributed by atoms with Crippen LogP contribution >= 0.6 is 0 Å². The molecule has 7 heteroatoms. The number of nitrogens with one attached hydrogen (secondary N) is 1. The number of nitrogens with zero attached hydrogens (tertiary/aromatic N) is 3. The first-order chi connectivity index (χ1) is 9.38. The van der Waals surface area contributed by atoms with Crippen molar-refractivity contribution in [1.29, 1.82) is 0 Å². The van der Waals surface area contributed by atoms with Gasteiger partial charge in [0.2, 0.25) is 0 Å². The van der Waals surface area contributed by atoms with Crippen LogP contribution in [0.25, 0.3) is 0 Å². The van der Waals surface area contributed by atoms with Gasteiger partial charge in [0, 0.05) is 45.9 Å². The fourth-order valence-electron chi connectivity index (χ4n) is 1.77. The lowest BCUT2D eigenvalue weighted by atomic mass is 10.1. The van der Waals surface area contributed by atoms with E-state index in [-0.39, 0.29) is 11.6 Å². The van der Waals surface area contributed by atoms with E-state index in [2.05, 4.69) is 5.32 Å². The van der Waals surface area contributed by atoms with Crippen LogP contribution in [0.4, 0.5) is 11.4 Å². The number of carbonyl (C=O) groups excluding carboxylic acids is 1. The molecule has 7 nitrogen and oxygen atoms in total. The van der Waals surface area contributed by atoms with Crippen molar-refractivity contribution in [3.8, 4) is 0 Å². The summed E-state index contributed by atoms with van der Waals surface area (Å²) in [6.07, 6.45) is 0. The normalized spacial score (nSPS) is 10.2. The van der Waals surface area contributed by atoms with Crippen molar-refractivity contribution in [2.45, 2.75) is 0 Å². The molecule has 110 valence electrons. The molecule has 0 fully saturated rings. The minimum Gasteiger partial charge on any atom is -0.368 e. The van der Waals surface area contributed by atoms with Crippen LogP contribution in [0.3, 0.4) is 0 Å². The molecule has 0 radical (unpaired) electrons. The van der Waals surface area contributed by atoms with Gasteiger partial charge in [-0.25, -0.2) is 0 Å². The molecule has 1 rings (SSSR count). The molecule has 1 aromatic rings. The van der Waals surface area contributed by atoms with Crippen LogP contribution in [-0.2, 0) is 0 Å². The zero-order valence-electron chi connectivity index (χ0n) is 12.2. The summed E-state index contributed by atoms with van der Waals surface area (Å²) in [5, 5.41) is 14.1. The van der Waals surface area contributed by atoms with Crippen molar-refractivity contribution in [2.24, 2.45) is 0 Å². The average Bonchev–Trinajstić information content (AvgIpc) is 2.42. The number of nitro groups is 1. The maximum Gasteiger partial charge on any atom is 0.292 e. The highest BCUT2D eigenvalue weighted by atomic mass is 16.6. The van der Waals surface area contributed by atoms with Crippen molar-refractivity contribution in [3.05, 3.63) is 33.9 Å². The molecule has 0 heterocycles. The van der Waals surface area contributed by atoms with Gasteiger partial charge in [-0.1, -0.05) is 0 Å². The number of amides is 1. The first-order valence-electron chi connectivity index (χ1n) is 6.24. The summed E-state index contributed by atoms with van der Waals surface area (Å²) in [7, 11) is 6.88. The minimum atomic E-state index is -0.435. The molecule has 0 unspecified atom stereocenters. The molecule has 0 saturated carbocycles. The Bertz CT molecular complexity index is 502. The topological polar surface area (TPSA) is 78.7 Å². The molecule has 1 amide bonds. The van der Waals surface area contributed by atoms with Gasteiger partial charge in [-0.3, -0.25) is 14.9 Å². The third-order valence-electron chi connectivity index (χ3n) is 2.93. The summed E-state index contributed by atoms with van der Waals surface area (Å²) in [6.45, 7) is 1.30. The van der Waals surface area contributed by atoms with Crippen molar-refractivity contribution >= 4 is 17.3 Å². The third-order valence-corrected chi connectivity index (χ3v) is 2.93. The predicted molar refractivity (Wildman–Crippen MR) is 78.3 cm³/mol. The Hall–Kier alpha value is -2.15. The highest BCUT2D eigenvalue weighted by Crippen LogP contribution is 2.28. The van der Waals surface area contributed by atoms with Gasteiger partial charge in [0.05, 0.1) is 4.92 Å². The summed E-state index contributed by atoms with van der Waals surface area (Å²) in [6, 6.07) is 4.42. The molecular weight excluding hydrogens is 260 g/mol. The Kier molecular flexibility index (Phi) is 5.45. The fraction of sp³-hybridized carbons (Fsp3) is 0.462. The van der Waals surface area contributed by atoms with Gasteiger partial charge < -0.3 is 15.1 Å². The predicted octanol–water partition coefficient (Wildman–Crippen LogP) is 0.952. The van der Waals surface area contributed by atoms with Crippen LogP contribution in [0.1, 0.15) is 10.4 Å². The smallest absolute Gasteiger partial charge is 0.292 e. The zero-order chi connectivity index (χ0) is 15.3. The van der Waals surface area contributed by atoms with E-state index in [1.54, 1.807) is 32.1 Å². The monoisotopic (exact) mass is 280 g/mol. The van der Waals surface area contributed by atoms with Gasteiger partial charge in [0.15, 0.2) is 0 Å². The van der Waals surface area contributed by atoms with E-state index in [0.717, 1.165) is 0 Å². The number of hydrogen-bond acceptors (Lipinski definition) is 5. The molecule has 0 aliphatic heterocycles. The van der Waals surface area contributed by atoms with E-state index in [0.29, 0.717) is 24.3 Å². The number of anilines is 1. The van der Waals surface area contributed by atoms with Crippen LogP contribution in [0.5, 0.6) is 0 Å². The van der Waals surface area contributed by atoms with E-state index in [4.69, 9.17) is 0 Å². The van der Waals surface area contributed by atoms with E-state index in [9.17, 15) is 14.9 Å². The molecule has 0 aliphatic carbocycles. The Balaban J connectivity index is 3.18. The molecule has 1 N–H and O–H groups in total. The van der Waals surface area contributed by atoms with E-state index in [1.807, 2.05) is 7.05 Å². The lowest BCUT2D eigenvalue weighted by Gasteiger charge is -2.20. The third kappa shape index (κ3) is 3.67. The van der Waals surface area contributed by atoms with E-state index >= 15 is 0 Å². The van der Waals surface area contributed by atoms with Gasteiger partial charge in [-0.2, -0.15) is 0 Å². The first kappa shape index (κ1) is 15.9. The quantitative estimate of drug-likeness (QED) is 0.620. The highest BCUT2D eigenvalue weighted by molar-refractivity contribution is 5.95. The van der Waals surface area contributed by atoms with Crippen LogP contribution in [-0.4, -0.2) is 57.0 Å². The lowest BCUT2D eigenvalue weighted by molar-refractivity contribution is -0.384. The maximum atomic E-state index is 11.9. The Labute approximate surface area is 118 Å². The Morgan fingerprint density at radius 3 is 2.50 bits per heavy atom. The Morgan fingerprint density at radius 2 is 2.00 bits per heavy atom. The van der Waals surface area contributed by atoms with Crippen LogP contribution in [0.2, 0.25) is 0 Å². The molecule has 0 spiro atoms. The van der Waals surface area contributed by atoms with Gasteiger partial charge in [0.1, 0.15) is 5.69 Å². The van der Waals surface area contributed by atoms with Gasteiger partial charge in [0.25, 0.3) is 11.6 Å². The lowest BCUT2D eigenvalue weighted by Crippen LogP contribution is -2.28. The molecule has 0 bridgehead atoms. The SMILES string of the molecule is CNCCN(C)c1cc(C(=O)N(C)C)ccc1[N+](=O)[O-]. The summed E-state index contributed by atoms with van der Waals surface area (Å²) in [4.78, 5) is 25.8. The van der Waals surface area contributed by atoms with Crippen molar-refractivity contribution < 1.29 is 9.72 Å². The van der Waals surface area contributed by atoms with E-state index in [1.165, 1.54) is 17.0 Å². The number of carbonyl (C=O) groups is 1. The molecule has 20 heavy (non-hydrogen) atoms. The number of likely N-dealkylation sites (N-methyl/N-ethyl adjacent to an activating group) is 2. The standard InChI is InChI=1S/C13H20N4O3/c1-14-7-8-16(4)12-9-10(13(18)15(2)3)5-6-11(12)17(19)20/h5-6,9,14H,7-8H2,1-4H3. The number of hydrogen-bond donors (Lipinski definition) is 1.